The third kappa shape index (κ3) is 2.57. The predicted octanol–water partition coefficient (Wildman–Crippen LogP) is 4.12. The van der Waals surface area contributed by atoms with Crippen LogP contribution >= 0.6 is 11.6 Å². The van der Waals surface area contributed by atoms with Gasteiger partial charge in [0.05, 0.1) is 0 Å². The Bertz CT molecular complexity index is 474. The van der Waals surface area contributed by atoms with Crippen molar-refractivity contribution in [1.29, 1.82) is 0 Å². The highest BCUT2D eigenvalue weighted by Crippen LogP contribution is 2.40. The molecule has 2 rings (SSSR count). The summed E-state index contributed by atoms with van der Waals surface area (Å²) >= 11 is 5.95. The van der Waals surface area contributed by atoms with E-state index in [1.54, 1.807) is 0 Å². The lowest BCUT2D eigenvalue weighted by molar-refractivity contribution is -0.151. The second kappa shape index (κ2) is 6.15. The van der Waals surface area contributed by atoms with Gasteiger partial charge >= 0.3 is 5.97 Å². The Kier molecular flexibility index (Phi) is 4.71. The molecule has 1 aliphatic rings. The number of nitrogens with zero attached hydrogens (tertiary/aromatic N) is 1. The smallest absolute Gasteiger partial charge is 0.324 e. The van der Waals surface area contributed by atoms with Crippen LogP contribution in [0.4, 0.5) is 0 Å². The quantitative estimate of drug-likeness (QED) is 0.888. The maximum Gasteiger partial charge on any atom is 0.324 e. The summed E-state index contributed by atoms with van der Waals surface area (Å²) in [6.07, 6.45) is 3.23. The minimum absolute atomic E-state index is 0.144. The lowest BCUT2D eigenvalue weighted by Crippen LogP contribution is -2.51. The SMILES string of the molecule is CCC(c1ccc(Cl)cc1)N1CCCC1(CC)C(=O)O. The third-order valence-electron chi connectivity index (χ3n) is 4.54. The maximum absolute atomic E-state index is 11.8. The Morgan fingerprint density at radius 3 is 2.55 bits per heavy atom. The summed E-state index contributed by atoms with van der Waals surface area (Å²) in [5, 5.41) is 10.4. The summed E-state index contributed by atoms with van der Waals surface area (Å²) in [5.74, 6) is -0.690. The first-order chi connectivity index (χ1) is 9.55. The Balaban J connectivity index is 2.35. The van der Waals surface area contributed by atoms with Crippen LogP contribution in [0, 0.1) is 0 Å². The van der Waals surface area contributed by atoms with Gasteiger partial charge in [0.1, 0.15) is 5.54 Å². The first-order valence-electron chi connectivity index (χ1n) is 7.30. The van der Waals surface area contributed by atoms with Gasteiger partial charge < -0.3 is 5.11 Å². The van der Waals surface area contributed by atoms with Crippen LogP contribution in [0.1, 0.15) is 51.1 Å². The van der Waals surface area contributed by atoms with E-state index in [2.05, 4.69) is 11.8 Å². The average Bonchev–Trinajstić information content (AvgIpc) is 2.87. The van der Waals surface area contributed by atoms with Crippen LogP contribution in [-0.2, 0) is 4.79 Å². The summed E-state index contributed by atoms with van der Waals surface area (Å²) in [7, 11) is 0. The Morgan fingerprint density at radius 2 is 2.05 bits per heavy atom. The van der Waals surface area contributed by atoms with Crippen LogP contribution in [0.15, 0.2) is 24.3 Å². The fourth-order valence-corrected chi connectivity index (χ4v) is 3.56. The molecule has 1 aromatic rings. The molecule has 4 heteroatoms. The predicted molar refractivity (Wildman–Crippen MR) is 81.1 cm³/mol. The van der Waals surface area contributed by atoms with Crippen LogP contribution in [0.5, 0.6) is 0 Å². The van der Waals surface area contributed by atoms with E-state index in [-0.39, 0.29) is 6.04 Å². The molecule has 2 atom stereocenters. The standard InChI is InChI=1S/C16H22ClNO2/c1-3-14(12-6-8-13(17)9-7-12)18-11-5-10-16(18,4-2)15(19)20/h6-9,14H,3-5,10-11H2,1-2H3,(H,19,20). The molecule has 1 N–H and O–H groups in total. The van der Waals surface area contributed by atoms with E-state index >= 15 is 0 Å². The fourth-order valence-electron chi connectivity index (χ4n) is 3.44. The number of likely N-dealkylation sites (tertiary alicyclic amines) is 1. The van der Waals surface area contributed by atoms with Gasteiger partial charge in [0, 0.05) is 11.1 Å². The molecule has 0 aliphatic carbocycles. The molecule has 1 fully saturated rings. The number of hydrogen-bond donors (Lipinski definition) is 1. The monoisotopic (exact) mass is 295 g/mol. The van der Waals surface area contributed by atoms with E-state index in [1.807, 2.05) is 31.2 Å². The molecule has 0 bridgehead atoms. The Hall–Kier alpha value is -1.06. The average molecular weight is 296 g/mol. The van der Waals surface area contributed by atoms with Gasteiger partial charge in [-0.05, 0) is 49.9 Å². The highest BCUT2D eigenvalue weighted by molar-refractivity contribution is 6.30. The highest BCUT2D eigenvalue weighted by Gasteiger charge is 2.48. The molecule has 2 unspecified atom stereocenters. The molecule has 1 saturated heterocycles. The molecular formula is C16H22ClNO2. The Morgan fingerprint density at radius 1 is 1.40 bits per heavy atom. The number of hydrogen-bond acceptors (Lipinski definition) is 2. The molecule has 3 nitrogen and oxygen atoms in total. The van der Waals surface area contributed by atoms with Gasteiger partial charge in [-0.2, -0.15) is 0 Å². The summed E-state index contributed by atoms with van der Waals surface area (Å²) in [5.41, 5.74) is 0.443. The Labute approximate surface area is 125 Å². The number of rotatable bonds is 5. The molecule has 0 aromatic heterocycles. The van der Waals surface area contributed by atoms with Crippen molar-refractivity contribution in [2.45, 2.75) is 51.1 Å². The van der Waals surface area contributed by atoms with Gasteiger partial charge in [0.25, 0.3) is 0 Å². The molecule has 110 valence electrons. The van der Waals surface area contributed by atoms with Gasteiger partial charge in [-0.15, -0.1) is 0 Å². The van der Waals surface area contributed by atoms with Crippen molar-refractivity contribution in [2.75, 3.05) is 6.54 Å². The van der Waals surface area contributed by atoms with Gasteiger partial charge in [0.2, 0.25) is 0 Å². The molecule has 0 spiro atoms. The fraction of sp³-hybridized carbons (Fsp3) is 0.562. The van der Waals surface area contributed by atoms with Crippen LogP contribution in [0.25, 0.3) is 0 Å². The van der Waals surface area contributed by atoms with E-state index in [0.29, 0.717) is 11.4 Å². The van der Waals surface area contributed by atoms with E-state index in [9.17, 15) is 9.90 Å². The first kappa shape index (κ1) is 15.3. The largest absolute Gasteiger partial charge is 0.480 e. The van der Waals surface area contributed by atoms with Crippen LogP contribution < -0.4 is 0 Å². The van der Waals surface area contributed by atoms with E-state index in [4.69, 9.17) is 11.6 Å². The molecule has 1 aromatic carbocycles. The zero-order chi connectivity index (χ0) is 14.8. The minimum Gasteiger partial charge on any atom is -0.480 e. The number of aliphatic carboxylic acids is 1. The van der Waals surface area contributed by atoms with Crippen molar-refractivity contribution >= 4 is 17.6 Å². The number of carbonyl (C=O) groups is 1. The van der Waals surface area contributed by atoms with Crippen LogP contribution in [0.2, 0.25) is 5.02 Å². The zero-order valence-corrected chi connectivity index (χ0v) is 12.9. The normalized spacial score (nSPS) is 24.8. The molecule has 20 heavy (non-hydrogen) atoms. The zero-order valence-electron chi connectivity index (χ0n) is 12.1. The molecule has 1 aliphatic heterocycles. The van der Waals surface area contributed by atoms with Crippen molar-refractivity contribution in [2.24, 2.45) is 0 Å². The molecular weight excluding hydrogens is 274 g/mol. The lowest BCUT2D eigenvalue weighted by atomic mass is 9.90. The van der Waals surface area contributed by atoms with Gasteiger partial charge in [-0.1, -0.05) is 37.6 Å². The van der Waals surface area contributed by atoms with Gasteiger partial charge in [-0.25, -0.2) is 0 Å². The summed E-state index contributed by atoms with van der Waals surface area (Å²) in [6.45, 7) is 4.93. The summed E-state index contributed by atoms with van der Waals surface area (Å²) in [6, 6.07) is 7.92. The number of carboxylic acids is 1. The molecule has 0 amide bonds. The maximum atomic E-state index is 11.8. The third-order valence-corrected chi connectivity index (χ3v) is 4.79. The molecule has 0 radical (unpaired) electrons. The van der Waals surface area contributed by atoms with Crippen LogP contribution in [0.3, 0.4) is 0 Å². The highest BCUT2D eigenvalue weighted by atomic mass is 35.5. The first-order valence-corrected chi connectivity index (χ1v) is 7.68. The second-order valence-electron chi connectivity index (χ2n) is 5.46. The number of halogens is 1. The number of carboxylic acid groups (broad SMARTS) is 1. The van der Waals surface area contributed by atoms with Gasteiger partial charge in [-0.3, -0.25) is 9.69 Å². The van der Waals surface area contributed by atoms with Crippen molar-refractivity contribution in [1.82, 2.24) is 4.90 Å². The summed E-state index contributed by atoms with van der Waals surface area (Å²) < 4.78 is 0. The minimum atomic E-state index is -0.708. The van der Waals surface area contributed by atoms with Crippen molar-refractivity contribution in [3.63, 3.8) is 0 Å². The van der Waals surface area contributed by atoms with Crippen molar-refractivity contribution in [3.05, 3.63) is 34.9 Å². The number of benzene rings is 1. The topological polar surface area (TPSA) is 40.5 Å². The molecule has 1 heterocycles. The van der Waals surface area contributed by atoms with E-state index < -0.39 is 11.5 Å². The van der Waals surface area contributed by atoms with Gasteiger partial charge in [0.15, 0.2) is 0 Å². The lowest BCUT2D eigenvalue weighted by Gasteiger charge is -2.39. The van der Waals surface area contributed by atoms with Crippen LogP contribution in [-0.4, -0.2) is 28.1 Å². The van der Waals surface area contributed by atoms with Crippen molar-refractivity contribution in [3.8, 4) is 0 Å². The van der Waals surface area contributed by atoms with Crippen molar-refractivity contribution < 1.29 is 9.90 Å². The second-order valence-corrected chi connectivity index (χ2v) is 5.90. The molecule has 0 saturated carbocycles. The summed E-state index contributed by atoms with van der Waals surface area (Å²) in [4.78, 5) is 14.0. The van der Waals surface area contributed by atoms with E-state index in [0.717, 1.165) is 31.4 Å². The van der Waals surface area contributed by atoms with E-state index in [1.165, 1.54) is 0 Å².